The third-order valence-electron chi connectivity index (χ3n) is 4.87. The van der Waals surface area contributed by atoms with E-state index in [2.05, 4.69) is 26.6 Å². The van der Waals surface area contributed by atoms with Crippen molar-refractivity contribution in [1.29, 1.82) is 0 Å². The molecule has 0 radical (unpaired) electrons. The Morgan fingerprint density at radius 3 is 2.30 bits per heavy atom. The molecule has 1 amide bonds. The van der Waals surface area contributed by atoms with Crippen LogP contribution in [0, 0.1) is 6.92 Å². The molecular weight excluding hydrogens is 484 g/mol. The summed E-state index contributed by atoms with van der Waals surface area (Å²) in [5.74, 6) is 1.71. The lowest BCUT2D eigenvalue weighted by Gasteiger charge is -2.16. The van der Waals surface area contributed by atoms with Gasteiger partial charge in [-0.3, -0.25) is 4.79 Å². The number of benzene rings is 3. The zero-order valence-electron chi connectivity index (χ0n) is 19.1. The van der Waals surface area contributed by atoms with E-state index < -0.39 is 0 Å². The molecule has 0 saturated heterocycles. The molecule has 0 unspecified atom stereocenters. The van der Waals surface area contributed by atoms with Crippen molar-refractivity contribution >= 4 is 27.5 Å². The van der Waals surface area contributed by atoms with Crippen LogP contribution in [-0.2, 0) is 17.9 Å². The van der Waals surface area contributed by atoms with Crippen LogP contribution < -0.4 is 24.8 Å². The molecule has 0 bridgehead atoms. The maximum absolute atomic E-state index is 12.3. The van der Waals surface area contributed by atoms with Crippen LogP contribution in [0.2, 0.25) is 0 Å². The van der Waals surface area contributed by atoms with Gasteiger partial charge in [0.25, 0.3) is 5.91 Å². The Morgan fingerprint density at radius 1 is 0.939 bits per heavy atom. The Morgan fingerprint density at radius 2 is 1.64 bits per heavy atom. The summed E-state index contributed by atoms with van der Waals surface area (Å²) in [7, 11) is 1.66. The van der Waals surface area contributed by atoms with Gasteiger partial charge in [0.2, 0.25) is 0 Å². The summed E-state index contributed by atoms with van der Waals surface area (Å²) in [4.78, 5) is 12.3. The number of anilines is 1. The molecule has 0 aliphatic heterocycles. The van der Waals surface area contributed by atoms with Crippen molar-refractivity contribution in [2.45, 2.75) is 26.9 Å². The van der Waals surface area contributed by atoms with Gasteiger partial charge in [0.05, 0.1) is 18.2 Å². The average molecular weight is 513 g/mol. The molecule has 33 heavy (non-hydrogen) atoms. The Kier molecular flexibility index (Phi) is 9.15. The Labute approximate surface area is 203 Å². The van der Waals surface area contributed by atoms with E-state index in [1.165, 1.54) is 5.56 Å². The predicted molar refractivity (Wildman–Crippen MR) is 134 cm³/mol. The quantitative estimate of drug-likeness (QED) is 0.356. The molecule has 6 nitrogen and oxygen atoms in total. The van der Waals surface area contributed by atoms with Crippen molar-refractivity contribution in [2.75, 3.05) is 25.6 Å². The van der Waals surface area contributed by atoms with Crippen LogP contribution in [0.5, 0.6) is 17.2 Å². The maximum Gasteiger partial charge on any atom is 0.262 e. The molecule has 0 heterocycles. The molecule has 7 heteroatoms. The molecule has 0 aliphatic carbocycles. The van der Waals surface area contributed by atoms with Crippen molar-refractivity contribution in [3.05, 3.63) is 81.8 Å². The van der Waals surface area contributed by atoms with Gasteiger partial charge in [-0.1, -0.05) is 29.8 Å². The molecule has 2 N–H and O–H groups in total. The summed E-state index contributed by atoms with van der Waals surface area (Å²) in [5.41, 5.74) is 4.07. The highest BCUT2D eigenvalue weighted by Gasteiger charge is 2.14. The number of halogens is 1. The highest BCUT2D eigenvalue weighted by Crippen LogP contribution is 2.37. The topological polar surface area (TPSA) is 68.8 Å². The van der Waals surface area contributed by atoms with Crippen molar-refractivity contribution < 1.29 is 19.0 Å². The lowest BCUT2D eigenvalue weighted by atomic mass is 10.1. The van der Waals surface area contributed by atoms with Gasteiger partial charge < -0.3 is 24.8 Å². The zero-order valence-corrected chi connectivity index (χ0v) is 20.7. The van der Waals surface area contributed by atoms with Gasteiger partial charge in [0, 0.05) is 18.8 Å². The molecule has 0 atom stereocenters. The van der Waals surface area contributed by atoms with Crippen LogP contribution in [0.4, 0.5) is 5.69 Å². The lowest BCUT2D eigenvalue weighted by Crippen LogP contribution is -2.20. The first kappa shape index (κ1) is 24.6. The molecular formula is C26H29BrN2O4. The molecule has 174 valence electrons. The third kappa shape index (κ3) is 7.51. The molecule has 3 aromatic rings. The number of nitrogens with one attached hydrogen (secondary N) is 2. The fourth-order valence-electron chi connectivity index (χ4n) is 3.19. The fraction of sp³-hybridized carbons (Fsp3) is 0.269. The van der Waals surface area contributed by atoms with E-state index in [1.54, 1.807) is 7.11 Å². The smallest absolute Gasteiger partial charge is 0.262 e. The summed E-state index contributed by atoms with van der Waals surface area (Å²) in [6.45, 7) is 5.65. The van der Waals surface area contributed by atoms with Crippen molar-refractivity contribution in [3.8, 4) is 17.2 Å². The minimum atomic E-state index is -0.238. The first-order valence-electron chi connectivity index (χ1n) is 10.8. The van der Waals surface area contributed by atoms with Crippen LogP contribution in [0.1, 0.15) is 23.6 Å². The second-order valence-electron chi connectivity index (χ2n) is 7.49. The van der Waals surface area contributed by atoms with Gasteiger partial charge in [-0.25, -0.2) is 0 Å². The number of hydrogen-bond donors (Lipinski definition) is 2. The molecule has 3 rings (SSSR count). The molecule has 0 saturated carbocycles. The van der Waals surface area contributed by atoms with Crippen LogP contribution in [0.15, 0.2) is 65.1 Å². The van der Waals surface area contributed by atoms with Crippen molar-refractivity contribution in [1.82, 2.24) is 5.32 Å². The average Bonchev–Trinajstić information content (AvgIpc) is 2.81. The zero-order chi connectivity index (χ0) is 23.6. The number of ether oxygens (including phenoxy) is 3. The van der Waals surface area contributed by atoms with Crippen LogP contribution in [-0.4, -0.2) is 26.2 Å². The number of methoxy groups -OCH3 is 1. The van der Waals surface area contributed by atoms with Crippen LogP contribution in [0.3, 0.4) is 0 Å². The number of rotatable bonds is 11. The molecule has 3 aromatic carbocycles. The van der Waals surface area contributed by atoms with Gasteiger partial charge in [-0.15, -0.1) is 0 Å². The first-order valence-corrected chi connectivity index (χ1v) is 11.6. The van der Waals surface area contributed by atoms with E-state index in [9.17, 15) is 4.79 Å². The molecule has 0 fully saturated rings. The monoisotopic (exact) mass is 512 g/mol. The lowest BCUT2D eigenvalue weighted by molar-refractivity contribution is -0.118. The SMILES string of the molecule is CCOc1cc(CNCc2ccc(OC)cc2)cc(Br)c1OCC(=O)Nc1ccc(C)cc1. The molecule has 0 aliphatic rings. The number of carbonyl (C=O) groups is 1. The molecule has 0 spiro atoms. The van der Waals surface area contributed by atoms with E-state index in [1.807, 2.05) is 74.5 Å². The number of aryl methyl sites for hydroxylation is 1. The Balaban J connectivity index is 1.59. The second kappa shape index (κ2) is 12.3. The minimum absolute atomic E-state index is 0.123. The summed E-state index contributed by atoms with van der Waals surface area (Å²) in [5, 5.41) is 6.27. The van der Waals surface area contributed by atoms with E-state index >= 15 is 0 Å². The minimum Gasteiger partial charge on any atom is -0.497 e. The van der Waals surface area contributed by atoms with Gasteiger partial charge in [0.15, 0.2) is 18.1 Å². The second-order valence-corrected chi connectivity index (χ2v) is 8.35. The summed E-state index contributed by atoms with van der Waals surface area (Å²) in [6.07, 6.45) is 0. The summed E-state index contributed by atoms with van der Waals surface area (Å²) < 4.78 is 17.5. The highest BCUT2D eigenvalue weighted by molar-refractivity contribution is 9.10. The standard InChI is InChI=1S/C26H29BrN2O4/c1-4-32-24-14-20(16-28-15-19-7-11-22(31-3)12-8-19)13-23(27)26(24)33-17-25(30)29-21-9-5-18(2)6-10-21/h5-14,28H,4,15-17H2,1-3H3,(H,29,30). The largest absolute Gasteiger partial charge is 0.497 e. The molecule has 0 aromatic heterocycles. The number of carbonyl (C=O) groups excluding carboxylic acids is 1. The van der Waals surface area contributed by atoms with E-state index in [0.29, 0.717) is 24.7 Å². The van der Waals surface area contributed by atoms with Crippen LogP contribution in [0.25, 0.3) is 0 Å². The van der Waals surface area contributed by atoms with Crippen LogP contribution >= 0.6 is 15.9 Å². The van der Waals surface area contributed by atoms with E-state index in [4.69, 9.17) is 14.2 Å². The number of amides is 1. The van der Waals surface area contributed by atoms with E-state index in [0.717, 1.165) is 33.6 Å². The maximum atomic E-state index is 12.3. The Hall–Kier alpha value is -3.03. The highest BCUT2D eigenvalue weighted by atomic mass is 79.9. The number of hydrogen-bond acceptors (Lipinski definition) is 5. The van der Waals surface area contributed by atoms with Gasteiger partial charge in [0.1, 0.15) is 5.75 Å². The van der Waals surface area contributed by atoms with Gasteiger partial charge >= 0.3 is 0 Å². The summed E-state index contributed by atoms with van der Waals surface area (Å²) >= 11 is 3.57. The van der Waals surface area contributed by atoms with Gasteiger partial charge in [-0.2, -0.15) is 0 Å². The van der Waals surface area contributed by atoms with Crippen molar-refractivity contribution in [3.63, 3.8) is 0 Å². The predicted octanol–water partition coefficient (Wildman–Crippen LogP) is 5.47. The summed E-state index contributed by atoms with van der Waals surface area (Å²) in [6, 6.07) is 19.5. The van der Waals surface area contributed by atoms with Crippen molar-refractivity contribution in [2.24, 2.45) is 0 Å². The normalized spacial score (nSPS) is 10.5. The fourth-order valence-corrected chi connectivity index (χ4v) is 3.80. The van der Waals surface area contributed by atoms with E-state index in [-0.39, 0.29) is 12.5 Å². The Bertz CT molecular complexity index is 1050. The third-order valence-corrected chi connectivity index (χ3v) is 5.46. The first-order chi connectivity index (χ1) is 16.0. The van der Waals surface area contributed by atoms with Gasteiger partial charge in [-0.05, 0) is 77.3 Å².